The summed E-state index contributed by atoms with van der Waals surface area (Å²) in [5.41, 5.74) is 0. The van der Waals surface area contributed by atoms with Gasteiger partial charge in [-0.2, -0.15) is 0 Å². The third kappa shape index (κ3) is 13.8. The molecule has 0 spiro atoms. The Morgan fingerprint density at radius 1 is 1.00 bits per heavy atom. The Balaban J connectivity index is 1.97. The van der Waals surface area contributed by atoms with Crippen molar-refractivity contribution in [1.82, 2.24) is 0 Å². The largest absolute Gasteiger partial charge is 0.353 e. The van der Waals surface area contributed by atoms with Crippen molar-refractivity contribution < 1.29 is 12.2 Å². The molecule has 1 rings (SSSR count). The van der Waals surface area contributed by atoms with Gasteiger partial charge in [-0.15, -0.1) is 0 Å². The standard InChI is InChI=1S/C22H40O2/c1-2-3-4-5-6-7-8-9-10-11-12-13-14-15-17-20-23-22-19-16-18-21-24-22/h9-12,22H,2-8,13-21H2,1H3/b10-9+,12-11+/i9D,10D. The van der Waals surface area contributed by atoms with Crippen LogP contribution in [0.25, 0.3) is 0 Å². The molecule has 2 heteroatoms. The van der Waals surface area contributed by atoms with E-state index in [4.69, 9.17) is 12.2 Å². The zero-order valence-corrected chi connectivity index (χ0v) is 15.9. The van der Waals surface area contributed by atoms with E-state index in [1.54, 1.807) is 0 Å². The molecule has 1 atom stereocenters. The molecule has 0 aromatic heterocycles. The molecule has 1 unspecified atom stereocenters. The minimum atomic E-state index is 0.0294. The van der Waals surface area contributed by atoms with E-state index in [-0.39, 0.29) is 6.29 Å². The van der Waals surface area contributed by atoms with E-state index in [9.17, 15) is 0 Å². The molecule has 24 heavy (non-hydrogen) atoms. The van der Waals surface area contributed by atoms with Crippen molar-refractivity contribution in [3.8, 4) is 0 Å². The molecule has 0 saturated carbocycles. The fourth-order valence-electron chi connectivity index (χ4n) is 2.87. The molecule has 0 N–H and O–H groups in total. The van der Waals surface area contributed by atoms with Gasteiger partial charge in [0, 0.05) is 13.2 Å². The SMILES string of the molecule is [2H]C(/C=C/CCCCCOC1CCCCO1)=C(/[2H])CCCCCCCC. The number of hydrogen-bond donors (Lipinski definition) is 0. The smallest absolute Gasteiger partial charge is 0.157 e. The van der Waals surface area contributed by atoms with E-state index in [1.165, 1.54) is 38.5 Å². The van der Waals surface area contributed by atoms with Gasteiger partial charge in [-0.3, -0.25) is 0 Å². The van der Waals surface area contributed by atoms with Crippen LogP contribution in [0.4, 0.5) is 0 Å². The molecule has 2 nitrogen and oxygen atoms in total. The van der Waals surface area contributed by atoms with Crippen molar-refractivity contribution in [1.29, 1.82) is 0 Å². The Morgan fingerprint density at radius 2 is 1.79 bits per heavy atom. The molecule has 1 aliphatic heterocycles. The highest BCUT2D eigenvalue weighted by atomic mass is 16.7. The molecule has 1 fully saturated rings. The van der Waals surface area contributed by atoms with Crippen LogP contribution >= 0.6 is 0 Å². The van der Waals surface area contributed by atoms with Gasteiger partial charge in [0.05, 0.1) is 2.74 Å². The maximum Gasteiger partial charge on any atom is 0.157 e. The third-order valence-electron chi connectivity index (χ3n) is 4.42. The first kappa shape index (κ1) is 18.2. The summed E-state index contributed by atoms with van der Waals surface area (Å²) in [4.78, 5) is 0. The van der Waals surface area contributed by atoms with Gasteiger partial charge in [-0.25, -0.2) is 0 Å². The van der Waals surface area contributed by atoms with Crippen molar-refractivity contribution in [2.24, 2.45) is 0 Å². The van der Waals surface area contributed by atoms with Gasteiger partial charge in [0.1, 0.15) is 0 Å². The van der Waals surface area contributed by atoms with Crippen LogP contribution in [0.5, 0.6) is 0 Å². The van der Waals surface area contributed by atoms with Crippen LogP contribution in [0.3, 0.4) is 0 Å². The lowest BCUT2D eigenvalue weighted by Gasteiger charge is -2.22. The minimum Gasteiger partial charge on any atom is -0.353 e. The van der Waals surface area contributed by atoms with Gasteiger partial charge in [0.15, 0.2) is 6.29 Å². The zero-order chi connectivity index (χ0) is 18.9. The van der Waals surface area contributed by atoms with Crippen LogP contribution in [-0.4, -0.2) is 19.5 Å². The highest BCUT2D eigenvalue weighted by molar-refractivity contribution is 5.02. The monoisotopic (exact) mass is 338 g/mol. The van der Waals surface area contributed by atoms with E-state index in [0.717, 1.165) is 64.6 Å². The number of hydrogen-bond acceptors (Lipinski definition) is 2. The van der Waals surface area contributed by atoms with Crippen molar-refractivity contribution in [2.75, 3.05) is 13.2 Å². The highest BCUT2D eigenvalue weighted by Gasteiger charge is 2.12. The molecule has 1 aliphatic rings. The van der Waals surface area contributed by atoms with E-state index in [1.807, 2.05) is 12.2 Å². The molecule has 1 heterocycles. The Bertz CT molecular complexity index is 388. The van der Waals surface area contributed by atoms with E-state index < -0.39 is 0 Å². The summed E-state index contributed by atoms with van der Waals surface area (Å²) < 4.78 is 27.2. The molecule has 0 bridgehead atoms. The summed E-state index contributed by atoms with van der Waals surface area (Å²) in [7, 11) is 0. The molecule has 0 aromatic rings. The van der Waals surface area contributed by atoms with Crippen LogP contribution < -0.4 is 0 Å². The average molecular weight is 339 g/mol. The normalized spacial score (nSPS) is 20.8. The van der Waals surface area contributed by atoms with E-state index in [2.05, 4.69) is 6.92 Å². The fourth-order valence-corrected chi connectivity index (χ4v) is 2.87. The Morgan fingerprint density at radius 3 is 2.62 bits per heavy atom. The summed E-state index contributed by atoms with van der Waals surface area (Å²) in [5, 5.41) is 0. The second-order valence-electron chi connectivity index (χ2n) is 6.76. The first-order valence-electron chi connectivity index (χ1n) is 11.3. The van der Waals surface area contributed by atoms with Crippen LogP contribution in [0.1, 0.15) is 99.6 Å². The number of unbranched alkanes of at least 4 members (excludes halogenated alkanes) is 8. The number of rotatable bonds is 15. The lowest BCUT2D eigenvalue weighted by atomic mass is 10.1. The van der Waals surface area contributed by atoms with Gasteiger partial charge < -0.3 is 9.47 Å². The molecule has 0 radical (unpaired) electrons. The maximum absolute atomic E-state index is 7.98. The quantitative estimate of drug-likeness (QED) is 0.237. The van der Waals surface area contributed by atoms with Gasteiger partial charge in [-0.05, 0) is 51.4 Å². The molecular weight excluding hydrogens is 296 g/mol. The van der Waals surface area contributed by atoms with Crippen molar-refractivity contribution in [3.63, 3.8) is 0 Å². The van der Waals surface area contributed by atoms with Crippen LogP contribution in [0.15, 0.2) is 24.3 Å². The fraction of sp³-hybridized carbons (Fsp3) is 0.818. The Labute approximate surface area is 153 Å². The predicted octanol–water partition coefficient (Wildman–Crippen LogP) is 6.95. The van der Waals surface area contributed by atoms with Gasteiger partial charge in [-0.1, -0.05) is 69.7 Å². The van der Waals surface area contributed by atoms with E-state index in [0.29, 0.717) is 12.1 Å². The Hall–Kier alpha value is -0.600. The predicted molar refractivity (Wildman–Crippen MR) is 104 cm³/mol. The Kier molecular flexibility index (Phi) is 13.1. The first-order chi connectivity index (χ1) is 12.7. The second-order valence-corrected chi connectivity index (χ2v) is 6.76. The minimum absolute atomic E-state index is 0.0294. The van der Waals surface area contributed by atoms with Gasteiger partial charge >= 0.3 is 0 Å². The van der Waals surface area contributed by atoms with E-state index >= 15 is 0 Å². The van der Waals surface area contributed by atoms with Gasteiger partial charge in [0.2, 0.25) is 0 Å². The lowest BCUT2D eigenvalue weighted by Crippen LogP contribution is -2.22. The van der Waals surface area contributed by atoms with Gasteiger partial charge in [0.25, 0.3) is 0 Å². The summed E-state index contributed by atoms with van der Waals surface area (Å²) in [6.45, 7) is 3.85. The summed E-state index contributed by atoms with van der Waals surface area (Å²) >= 11 is 0. The molecule has 0 amide bonds. The second kappa shape index (κ2) is 17.2. The molecular formula is C22H40O2. The maximum atomic E-state index is 7.98. The topological polar surface area (TPSA) is 18.5 Å². The summed E-state index contributed by atoms with van der Waals surface area (Å²) in [6.07, 6.45) is 19.7. The molecule has 140 valence electrons. The zero-order valence-electron chi connectivity index (χ0n) is 17.9. The summed E-state index contributed by atoms with van der Waals surface area (Å²) in [5.74, 6) is 0. The molecule has 0 aliphatic carbocycles. The summed E-state index contributed by atoms with van der Waals surface area (Å²) in [6, 6.07) is 0.869. The van der Waals surface area contributed by atoms with Crippen LogP contribution in [0, 0.1) is 0 Å². The van der Waals surface area contributed by atoms with Crippen molar-refractivity contribution in [3.05, 3.63) is 24.3 Å². The van der Waals surface area contributed by atoms with Crippen LogP contribution in [-0.2, 0) is 9.47 Å². The van der Waals surface area contributed by atoms with Crippen molar-refractivity contribution in [2.45, 2.75) is 103 Å². The first-order valence-corrected chi connectivity index (χ1v) is 10.3. The molecule has 1 saturated heterocycles. The van der Waals surface area contributed by atoms with Crippen LogP contribution in [0.2, 0.25) is 0 Å². The highest BCUT2D eigenvalue weighted by Crippen LogP contribution is 2.14. The number of ether oxygens (including phenoxy) is 2. The third-order valence-corrected chi connectivity index (χ3v) is 4.42. The number of allylic oxidation sites excluding steroid dienone is 4. The lowest BCUT2D eigenvalue weighted by molar-refractivity contribution is -0.162. The average Bonchev–Trinajstić information content (AvgIpc) is 2.67. The molecule has 0 aromatic carbocycles. The van der Waals surface area contributed by atoms with Crippen molar-refractivity contribution >= 4 is 0 Å².